The minimum absolute atomic E-state index is 0.0313. The van der Waals surface area contributed by atoms with Crippen LogP contribution in [0.2, 0.25) is 0 Å². The van der Waals surface area contributed by atoms with Gasteiger partial charge in [0.05, 0.1) is 13.0 Å². The van der Waals surface area contributed by atoms with Gasteiger partial charge in [0.25, 0.3) is 0 Å². The van der Waals surface area contributed by atoms with E-state index in [2.05, 4.69) is 0 Å². The van der Waals surface area contributed by atoms with E-state index in [-0.39, 0.29) is 12.3 Å². The van der Waals surface area contributed by atoms with Crippen molar-refractivity contribution in [3.05, 3.63) is 29.8 Å². The van der Waals surface area contributed by atoms with E-state index in [0.717, 1.165) is 5.75 Å². The maximum absolute atomic E-state index is 10.4. The molecule has 0 bridgehead atoms. The third-order valence-electron chi connectivity index (χ3n) is 2.08. The monoisotopic (exact) mass is 208 g/mol. The zero-order valence-electron chi connectivity index (χ0n) is 9.06. The molecule has 15 heavy (non-hydrogen) atoms. The average Bonchev–Trinajstić information content (AvgIpc) is 2.16. The van der Waals surface area contributed by atoms with Gasteiger partial charge < -0.3 is 9.84 Å². The van der Waals surface area contributed by atoms with Crippen LogP contribution < -0.4 is 4.74 Å². The number of hydrogen-bond donors (Lipinski definition) is 1. The number of hydrogen-bond acceptors (Lipinski definition) is 2. The van der Waals surface area contributed by atoms with Crippen LogP contribution >= 0.6 is 0 Å². The second-order valence-electron chi connectivity index (χ2n) is 3.83. The molecular formula is C12H16O3. The van der Waals surface area contributed by atoms with E-state index in [9.17, 15) is 4.79 Å². The normalized spacial score (nSPS) is 12.1. The molecule has 0 radical (unpaired) electrons. The minimum atomic E-state index is -0.782. The van der Waals surface area contributed by atoms with Gasteiger partial charge in [-0.15, -0.1) is 0 Å². The summed E-state index contributed by atoms with van der Waals surface area (Å²) in [4.78, 5) is 10.4. The highest BCUT2D eigenvalue weighted by atomic mass is 16.5. The lowest BCUT2D eigenvalue weighted by atomic mass is 10.1. The van der Waals surface area contributed by atoms with Gasteiger partial charge in [-0.3, -0.25) is 4.79 Å². The molecule has 1 aromatic rings. The first-order valence-corrected chi connectivity index (χ1v) is 4.99. The predicted molar refractivity (Wildman–Crippen MR) is 58.1 cm³/mol. The van der Waals surface area contributed by atoms with E-state index in [1.165, 1.54) is 5.56 Å². The summed E-state index contributed by atoms with van der Waals surface area (Å²) in [7, 11) is 0. The molecule has 1 atom stereocenters. The number of aliphatic carboxylic acids is 1. The highest BCUT2D eigenvalue weighted by Crippen LogP contribution is 2.13. The second-order valence-corrected chi connectivity index (χ2v) is 3.83. The van der Waals surface area contributed by atoms with Crippen LogP contribution in [-0.2, 0) is 4.79 Å². The highest BCUT2D eigenvalue weighted by molar-refractivity contribution is 5.66. The van der Waals surface area contributed by atoms with Crippen molar-refractivity contribution in [1.82, 2.24) is 0 Å². The van der Waals surface area contributed by atoms with Crippen LogP contribution in [0, 0.1) is 12.8 Å². The Labute approximate surface area is 89.7 Å². The van der Waals surface area contributed by atoms with Crippen molar-refractivity contribution in [1.29, 1.82) is 0 Å². The fraction of sp³-hybridized carbons (Fsp3) is 0.417. The lowest BCUT2D eigenvalue weighted by Gasteiger charge is -2.10. The van der Waals surface area contributed by atoms with Crippen molar-refractivity contribution in [3.8, 4) is 5.75 Å². The van der Waals surface area contributed by atoms with Gasteiger partial charge >= 0.3 is 5.97 Å². The van der Waals surface area contributed by atoms with E-state index in [1.54, 1.807) is 0 Å². The van der Waals surface area contributed by atoms with Gasteiger partial charge in [-0.1, -0.05) is 24.6 Å². The van der Waals surface area contributed by atoms with E-state index in [1.807, 2.05) is 38.1 Å². The molecule has 0 aromatic heterocycles. The van der Waals surface area contributed by atoms with Gasteiger partial charge in [-0.2, -0.15) is 0 Å². The smallest absolute Gasteiger partial charge is 0.303 e. The Balaban J connectivity index is 2.36. The van der Waals surface area contributed by atoms with Gasteiger partial charge in [0, 0.05) is 5.92 Å². The molecule has 1 rings (SSSR count). The molecule has 3 heteroatoms. The molecule has 0 heterocycles. The van der Waals surface area contributed by atoms with Crippen LogP contribution in [-0.4, -0.2) is 17.7 Å². The number of ether oxygens (including phenoxy) is 1. The van der Waals surface area contributed by atoms with Crippen molar-refractivity contribution in [2.45, 2.75) is 20.3 Å². The van der Waals surface area contributed by atoms with Crippen LogP contribution in [0.3, 0.4) is 0 Å². The highest BCUT2D eigenvalue weighted by Gasteiger charge is 2.07. The van der Waals surface area contributed by atoms with Gasteiger partial charge in [0.2, 0.25) is 0 Å². The summed E-state index contributed by atoms with van der Waals surface area (Å²) < 4.78 is 5.46. The Morgan fingerprint density at radius 1 is 1.40 bits per heavy atom. The molecule has 0 unspecified atom stereocenters. The number of carboxylic acid groups (broad SMARTS) is 1. The first-order chi connectivity index (χ1) is 7.08. The van der Waals surface area contributed by atoms with Gasteiger partial charge in [0.1, 0.15) is 5.75 Å². The molecule has 3 nitrogen and oxygen atoms in total. The first-order valence-electron chi connectivity index (χ1n) is 4.99. The summed E-state index contributed by atoms with van der Waals surface area (Å²) in [5.41, 5.74) is 1.18. The van der Waals surface area contributed by atoms with Crippen LogP contribution in [0.15, 0.2) is 24.3 Å². The van der Waals surface area contributed by atoms with Crippen molar-refractivity contribution in [2.75, 3.05) is 6.61 Å². The Hall–Kier alpha value is -1.51. The summed E-state index contributed by atoms with van der Waals surface area (Å²) in [6.07, 6.45) is 0.145. The number of carboxylic acids is 1. The van der Waals surface area contributed by atoms with E-state index < -0.39 is 5.97 Å². The number of carbonyl (C=O) groups is 1. The SMILES string of the molecule is Cc1ccc(OC[C@@H](C)CC(=O)O)cc1. The number of rotatable bonds is 5. The fourth-order valence-electron chi connectivity index (χ4n) is 1.23. The number of benzene rings is 1. The molecule has 82 valence electrons. The van der Waals surface area contributed by atoms with Crippen LogP contribution in [0.5, 0.6) is 5.75 Å². The molecular weight excluding hydrogens is 192 g/mol. The van der Waals surface area contributed by atoms with Crippen LogP contribution in [0.25, 0.3) is 0 Å². The molecule has 1 aromatic carbocycles. The molecule has 0 aliphatic rings. The molecule has 0 aliphatic carbocycles. The Morgan fingerprint density at radius 2 is 2.00 bits per heavy atom. The fourth-order valence-corrected chi connectivity index (χ4v) is 1.23. The molecule has 0 amide bonds. The number of aryl methyl sites for hydroxylation is 1. The maximum Gasteiger partial charge on any atom is 0.303 e. The van der Waals surface area contributed by atoms with E-state index in [4.69, 9.17) is 9.84 Å². The summed E-state index contributed by atoms with van der Waals surface area (Å²) in [5, 5.41) is 8.56. The lowest BCUT2D eigenvalue weighted by molar-refractivity contribution is -0.138. The molecule has 0 aliphatic heterocycles. The maximum atomic E-state index is 10.4. The molecule has 0 fully saturated rings. The zero-order chi connectivity index (χ0) is 11.3. The van der Waals surface area contributed by atoms with Gasteiger partial charge in [0.15, 0.2) is 0 Å². The molecule has 0 spiro atoms. The average molecular weight is 208 g/mol. The van der Waals surface area contributed by atoms with E-state index in [0.29, 0.717) is 6.61 Å². The summed E-state index contributed by atoms with van der Waals surface area (Å²) in [6, 6.07) is 7.72. The van der Waals surface area contributed by atoms with E-state index >= 15 is 0 Å². The topological polar surface area (TPSA) is 46.5 Å². The standard InChI is InChI=1S/C12H16O3/c1-9-3-5-11(6-4-9)15-8-10(2)7-12(13)14/h3-6,10H,7-8H2,1-2H3,(H,13,14)/t10-/m0/s1. The third kappa shape index (κ3) is 4.49. The Bertz CT molecular complexity index is 316. The van der Waals surface area contributed by atoms with Crippen LogP contribution in [0.4, 0.5) is 0 Å². The lowest BCUT2D eigenvalue weighted by Crippen LogP contribution is -2.12. The van der Waals surface area contributed by atoms with Crippen molar-refractivity contribution in [2.24, 2.45) is 5.92 Å². The van der Waals surface area contributed by atoms with Crippen molar-refractivity contribution in [3.63, 3.8) is 0 Å². The van der Waals surface area contributed by atoms with Gasteiger partial charge in [-0.05, 0) is 19.1 Å². The van der Waals surface area contributed by atoms with Crippen LogP contribution in [0.1, 0.15) is 18.9 Å². The summed E-state index contributed by atoms with van der Waals surface area (Å²) in [5.74, 6) is 0.0386. The molecule has 0 saturated carbocycles. The summed E-state index contributed by atoms with van der Waals surface area (Å²) >= 11 is 0. The zero-order valence-corrected chi connectivity index (χ0v) is 9.06. The third-order valence-corrected chi connectivity index (χ3v) is 2.08. The predicted octanol–water partition coefficient (Wildman–Crippen LogP) is 2.48. The van der Waals surface area contributed by atoms with Crippen molar-refractivity contribution >= 4 is 5.97 Å². The van der Waals surface area contributed by atoms with Gasteiger partial charge in [-0.25, -0.2) is 0 Å². The Kier molecular flexibility index (Phi) is 4.16. The summed E-state index contributed by atoms with van der Waals surface area (Å²) in [6.45, 7) is 4.31. The minimum Gasteiger partial charge on any atom is -0.493 e. The molecule has 0 saturated heterocycles. The van der Waals surface area contributed by atoms with Crippen molar-refractivity contribution < 1.29 is 14.6 Å². The molecule has 1 N–H and O–H groups in total. The first kappa shape index (κ1) is 11.6. The second kappa shape index (κ2) is 5.39. The largest absolute Gasteiger partial charge is 0.493 e. The Morgan fingerprint density at radius 3 is 2.53 bits per heavy atom. The quantitative estimate of drug-likeness (QED) is 0.808.